The fourth-order valence-electron chi connectivity index (χ4n) is 2.26. The average molecular weight is 300 g/mol. The van der Waals surface area contributed by atoms with Gasteiger partial charge in [0.1, 0.15) is 0 Å². The molecule has 1 N–H and O–H groups in total. The van der Waals surface area contributed by atoms with Crippen LogP contribution < -0.4 is 0 Å². The van der Waals surface area contributed by atoms with Crippen LogP contribution in [0.3, 0.4) is 0 Å². The van der Waals surface area contributed by atoms with E-state index < -0.39 is 17.7 Å². The summed E-state index contributed by atoms with van der Waals surface area (Å²) in [4.78, 5) is 10.7. The predicted octanol–water partition coefficient (Wildman–Crippen LogP) is 4.71. The molecule has 0 radical (unpaired) electrons. The Labute approximate surface area is 122 Å². The number of aryl methyl sites for hydroxylation is 2. The van der Waals surface area contributed by atoms with Crippen LogP contribution >= 0.6 is 0 Å². The Morgan fingerprint density at radius 3 is 1.95 bits per heavy atom. The minimum Gasteiger partial charge on any atom is -0.478 e. The lowest BCUT2D eigenvalue weighted by Crippen LogP contribution is -2.09. The summed E-state index contributed by atoms with van der Waals surface area (Å²) in [5.74, 6) is -1.11. The summed E-state index contributed by atoms with van der Waals surface area (Å²) in [6, 6.07) is 2.26. The lowest BCUT2D eigenvalue weighted by Gasteiger charge is -2.16. The highest BCUT2D eigenvalue weighted by Gasteiger charge is 2.31. The fourth-order valence-corrected chi connectivity index (χ4v) is 2.26. The molecular weight excluding hydrogens is 281 g/mol. The topological polar surface area (TPSA) is 37.3 Å². The van der Waals surface area contributed by atoms with E-state index in [0.717, 1.165) is 18.2 Å². The van der Waals surface area contributed by atoms with Gasteiger partial charge in [-0.25, -0.2) is 4.79 Å². The van der Waals surface area contributed by atoms with Gasteiger partial charge >= 0.3 is 12.1 Å². The van der Waals surface area contributed by atoms with Crippen LogP contribution in [0.1, 0.15) is 48.9 Å². The minimum atomic E-state index is -4.39. The van der Waals surface area contributed by atoms with Crippen LogP contribution in [0.25, 0.3) is 6.08 Å². The molecule has 0 aromatic heterocycles. The highest BCUT2D eigenvalue weighted by Crippen LogP contribution is 2.33. The van der Waals surface area contributed by atoms with Gasteiger partial charge in [-0.15, -0.1) is 0 Å². The summed E-state index contributed by atoms with van der Waals surface area (Å²) in [6.07, 6.45) is 0.348. The van der Waals surface area contributed by atoms with Crippen molar-refractivity contribution in [2.75, 3.05) is 0 Å². The molecule has 0 spiro atoms. The summed E-state index contributed by atoms with van der Waals surface area (Å²) in [5, 5.41) is 8.73. The zero-order valence-electron chi connectivity index (χ0n) is 12.1. The van der Waals surface area contributed by atoms with Crippen molar-refractivity contribution < 1.29 is 23.1 Å². The monoisotopic (exact) mass is 300 g/mol. The number of carbonyl (C=O) groups is 1. The number of hydrogen-bond acceptors (Lipinski definition) is 1. The van der Waals surface area contributed by atoms with Crippen LogP contribution in [0.5, 0.6) is 0 Å². The Morgan fingerprint density at radius 2 is 1.62 bits per heavy atom. The Morgan fingerprint density at radius 1 is 1.14 bits per heavy atom. The van der Waals surface area contributed by atoms with Gasteiger partial charge in [-0.1, -0.05) is 26.7 Å². The number of hydrogen-bond donors (Lipinski definition) is 1. The molecule has 21 heavy (non-hydrogen) atoms. The number of carboxylic acids is 1. The first-order valence-electron chi connectivity index (χ1n) is 6.93. The van der Waals surface area contributed by atoms with Gasteiger partial charge in [0.15, 0.2) is 0 Å². The molecule has 0 aliphatic carbocycles. The zero-order valence-corrected chi connectivity index (χ0v) is 12.1. The van der Waals surface area contributed by atoms with Crippen molar-refractivity contribution >= 4 is 12.0 Å². The third-order valence-corrected chi connectivity index (χ3v) is 3.11. The van der Waals surface area contributed by atoms with E-state index in [1.54, 1.807) is 0 Å². The number of rotatable bonds is 6. The molecule has 0 amide bonds. The molecule has 0 atom stereocenters. The summed E-state index contributed by atoms with van der Waals surface area (Å²) in [7, 11) is 0. The number of alkyl halides is 3. The predicted molar refractivity (Wildman–Crippen MR) is 76.1 cm³/mol. The molecule has 0 saturated carbocycles. The number of halogens is 3. The Balaban J connectivity index is 3.45. The molecule has 2 nitrogen and oxygen atoms in total. The normalized spacial score (nSPS) is 12.0. The summed E-state index contributed by atoms with van der Waals surface area (Å²) in [5.41, 5.74) is 1.04. The van der Waals surface area contributed by atoms with E-state index in [4.69, 9.17) is 5.11 Å². The molecule has 0 fully saturated rings. The van der Waals surface area contributed by atoms with Crippen molar-refractivity contribution in [1.29, 1.82) is 0 Å². The molecule has 0 unspecified atom stereocenters. The van der Waals surface area contributed by atoms with Gasteiger partial charge in [0.25, 0.3) is 0 Å². The molecule has 116 valence electrons. The molecule has 0 saturated heterocycles. The third-order valence-electron chi connectivity index (χ3n) is 3.11. The highest BCUT2D eigenvalue weighted by molar-refractivity contribution is 5.86. The first-order chi connectivity index (χ1) is 9.79. The maximum absolute atomic E-state index is 13.0. The van der Waals surface area contributed by atoms with E-state index in [1.165, 1.54) is 6.08 Å². The molecule has 0 heterocycles. The van der Waals surface area contributed by atoms with E-state index in [-0.39, 0.29) is 0 Å². The second-order valence-electron chi connectivity index (χ2n) is 4.88. The van der Waals surface area contributed by atoms with Gasteiger partial charge in [0.05, 0.1) is 5.56 Å². The summed E-state index contributed by atoms with van der Waals surface area (Å²) >= 11 is 0. The molecule has 0 aliphatic heterocycles. The molecule has 1 aromatic carbocycles. The van der Waals surface area contributed by atoms with Gasteiger partial charge in [-0.05, 0) is 47.7 Å². The minimum absolute atomic E-state index is 0.486. The van der Waals surface area contributed by atoms with Crippen molar-refractivity contribution in [3.8, 4) is 0 Å². The van der Waals surface area contributed by atoms with Crippen LogP contribution in [0.2, 0.25) is 0 Å². The Kier molecular flexibility index (Phi) is 6.00. The van der Waals surface area contributed by atoms with Gasteiger partial charge in [-0.3, -0.25) is 0 Å². The third kappa shape index (κ3) is 4.92. The van der Waals surface area contributed by atoms with Crippen LogP contribution in [0.15, 0.2) is 18.2 Å². The van der Waals surface area contributed by atoms with Crippen molar-refractivity contribution in [1.82, 2.24) is 0 Å². The van der Waals surface area contributed by atoms with Crippen molar-refractivity contribution in [3.63, 3.8) is 0 Å². The summed E-state index contributed by atoms with van der Waals surface area (Å²) < 4.78 is 38.9. The van der Waals surface area contributed by atoms with Crippen molar-refractivity contribution in [2.45, 2.75) is 45.7 Å². The van der Waals surface area contributed by atoms with E-state index in [0.29, 0.717) is 42.4 Å². The average Bonchev–Trinajstić information content (AvgIpc) is 2.36. The fraction of sp³-hybridized carbons (Fsp3) is 0.438. The van der Waals surface area contributed by atoms with Gasteiger partial charge < -0.3 is 5.11 Å². The Bertz CT molecular complexity index is 504. The SMILES string of the molecule is CCCc1cc(C(F)(F)F)cc(CCC)c1C=CC(=O)O. The van der Waals surface area contributed by atoms with Crippen LogP contribution in [-0.2, 0) is 23.8 Å². The molecular formula is C16H19F3O2. The second-order valence-corrected chi connectivity index (χ2v) is 4.88. The van der Waals surface area contributed by atoms with Gasteiger partial charge in [0, 0.05) is 6.08 Å². The van der Waals surface area contributed by atoms with E-state index in [1.807, 2.05) is 13.8 Å². The first kappa shape index (κ1) is 17.3. The highest BCUT2D eigenvalue weighted by atomic mass is 19.4. The zero-order chi connectivity index (χ0) is 16.0. The molecule has 5 heteroatoms. The van der Waals surface area contributed by atoms with E-state index in [9.17, 15) is 18.0 Å². The maximum atomic E-state index is 13.0. The lowest BCUT2D eigenvalue weighted by molar-refractivity contribution is -0.137. The van der Waals surface area contributed by atoms with Gasteiger partial charge in [-0.2, -0.15) is 13.2 Å². The molecule has 0 bridgehead atoms. The van der Waals surface area contributed by atoms with Crippen LogP contribution in [-0.4, -0.2) is 11.1 Å². The molecule has 0 aliphatic rings. The van der Waals surface area contributed by atoms with Crippen LogP contribution in [0, 0.1) is 0 Å². The van der Waals surface area contributed by atoms with E-state index in [2.05, 4.69) is 0 Å². The number of benzene rings is 1. The van der Waals surface area contributed by atoms with E-state index >= 15 is 0 Å². The lowest BCUT2D eigenvalue weighted by atomic mass is 9.92. The second kappa shape index (κ2) is 7.29. The number of carboxylic acid groups (broad SMARTS) is 1. The summed E-state index contributed by atoms with van der Waals surface area (Å²) in [6.45, 7) is 3.76. The smallest absolute Gasteiger partial charge is 0.416 e. The van der Waals surface area contributed by atoms with Gasteiger partial charge in [0.2, 0.25) is 0 Å². The Hall–Kier alpha value is -1.78. The first-order valence-corrected chi connectivity index (χ1v) is 6.93. The van der Waals surface area contributed by atoms with Crippen molar-refractivity contribution in [2.24, 2.45) is 0 Å². The largest absolute Gasteiger partial charge is 0.478 e. The standard InChI is InChI=1S/C16H19F3O2/c1-3-5-11-9-13(16(17,18)19)10-12(6-4-2)14(11)7-8-15(20)21/h7-10H,3-6H2,1-2H3,(H,20,21). The maximum Gasteiger partial charge on any atom is 0.416 e. The number of aliphatic carboxylic acids is 1. The molecule has 1 rings (SSSR count). The van der Waals surface area contributed by atoms with Crippen LogP contribution in [0.4, 0.5) is 13.2 Å². The quantitative estimate of drug-likeness (QED) is 0.773. The molecule has 1 aromatic rings. The van der Waals surface area contributed by atoms with Crippen molar-refractivity contribution in [3.05, 3.63) is 40.5 Å².